The average Bonchev–Trinajstić information content (AvgIpc) is 3.40. The molecule has 1 aromatic carbocycles. The molecule has 9 heteroatoms. The largest absolute Gasteiger partial charge is 0.491 e. The topological polar surface area (TPSA) is 69.9 Å². The lowest BCUT2D eigenvalue weighted by atomic mass is 10.1. The Morgan fingerprint density at radius 2 is 2.06 bits per heavy atom. The highest BCUT2D eigenvalue weighted by Gasteiger charge is 2.29. The summed E-state index contributed by atoms with van der Waals surface area (Å²) >= 11 is 0. The van der Waals surface area contributed by atoms with E-state index in [4.69, 9.17) is 19.2 Å². The maximum Gasteiger partial charge on any atom is 0.150 e. The number of nitrogens with one attached hydrogen (secondary N) is 1. The fraction of sp³-hybridized carbons (Fsp3) is 0.304. The van der Waals surface area contributed by atoms with Crippen LogP contribution in [0.5, 0.6) is 11.5 Å². The molecular formula is C23H24ClFN4O3. The minimum Gasteiger partial charge on any atom is -0.491 e. The van der Waals surface area contributed by atoms with Gasteiger partial charge in [-0.25, -0.2) is 14.4 Å². The molecule has 0 saturated carbocycles. The fourth-order valence-electron chi connectivity index (χ4n) is 3.74. The van der Waals surface area contributed by atoms with Crippen LogP contribution in [0.3, 0.4) is 0 Å². The van der Waals surface area contributed by atoms with E-state index in [1.807, 2.05) is 53.1 Å². The molecule has 1 aliphatic heterocycles. The number of methoxy groups -OCH3 is 1. The second-order valence-electron chi connectivity index (χ2n) is 7.43. The first-order valence-electron chi connectivity index (χ1n) is 10.2. The molecule has 0 amide bonds. The molecule has 1 saturated heterocycles. The quantitative estimate of drug-likeness (QED) is 0.426. The molecule has 0 bridgehead atoms. The zero-order valence-electron chi connectivity index (χ0n) is 17.5. The molecule has 1 aliphatic rings. The first kappa shape index (κ1) is 22.3. The average molecular weight is 459 g/mol. The Morgan fingerprint density at radius 3 is 2.88 bits per heavy atom. The third kappa shape index (κ3) is 4.34. The molecule has 3 aromatic heterocycles. The van der Waals surface area contributed by atoms with Gasteiger partial charge in [-0.05, 0) is 18.2 Å². The summed E-state index contributed by atoms with van der Waals surface area (Å²) in [7, 11) is 1.64. The Labute approximate surface area is 190 Å². The molecule has 32 heavy (non-hydrogen) atoms. The number of hydrogen-bond acceptors (Lipinski definition) is 6. The minimum absolute atomic E-state index is 0. The van der Waals surface area contributed by atoms with Crippen molar-refractivity contribution in [1.82, 2.24) is 19.7 Å². The lowest BCUT2D eigenvalue weighted by Gasteiger charge is -2.16. The molecule has 0 spiro atoms. The van der Waals surface area contributed by atoms with Crippen LogP contribution >= 0.6 is 12.4 Å². The number of pyridine rings is 2. The summed E-state index contributed by atoms with van der Waals surface area (Å²) in [6.07, 6.45) is 2.15. The molecule has 4 aromatic rings. The van der Waals surface area contributed by atoms with E-state index in [0.717, 1.165) is 28.2 Å². The standard InChI is InChI=1S/C23H23FN4O3.ClH/c1-29-9-10-30-16-7-8-28-19(13-26-22(28)11-16)18-6-5-15-3-2-4-20(23(15)27-18)31-21-14-25-12-17(21)24;/h2-8,11,13,17,21,25H,9-10,12,14H2,1H3;1H/t17-,21+;/m1./s1. The van der Waals surface area contributed by atoms with Crippen LogP contribution in [0.2, 0.25) is 0 Å². The van der Waals surface area contributed by atoms with Gasteiger partial charge in [-0.3, -0.25) is 4.40 Å². The van der Waals surface area contributed by atoms with Crippen molar-refractivity contribution >= 4 is 29.0 Å². The van der Waals surface area contributed by atoms with Crippen molar-refractivity contribution < 1.29 is 18.6 Å². The van der Waals surface area contributed by atoms with Gasteiger partial charge in [-0.2, -0.15) is 0 Å². The van der Waals surface area contributed by atoms with Gasteiger partial charge in [0.15, 0.2) is 6.17 Å². The molecule has 4 heterocycles. The van der Waals surface area contributed by atoms with Gasteiger partial charge in [0, 0.05) is 37.8 Å². The highest BCUT2D eigenvalue weighted by atomic mass is 35.5. The van der Waals surface area contributed by atoms with Gasteiger partial charge >= 0.3 is 0 Å². The van der Waals surface area contributed by atoms with Crippen molar-refractivity contribution in [2.24, 2.45) is 0 Å². The highest BCUT2D eigenvalue weighted by Crippen LogP contribution is 2.30. The molecule has 2 atom stereocenters. The lowest BCUT2D eigenvalue weighted by Crippen LogP contribution is -2.27. The van der Waals surface area contributed by atoms with Crippen LogP contribution in [-0.4, -0.2) is 60.1 Å². The first-order chi connectivity index (χ1) is 15.2. The summed E-state index contributed by atoms with van der Waals surface area (Å²) in [4.78, 5) is 9.34. The summed E-state index contributed by atoms with van der Waals surface area (Å²) in [6, 6.07) is 13.4. The number of rotatable bonds is 7. The summed E-state index contributed by atoms with van der Waals surface area (Å²) in [5.74, 6) is 1.31. The van der Waals surface area contributed by atoms with Gasteiger partial charge in [0.2, 0.25) is 0 Å². The molecule has 7 nitrogen and oxygen atoms in total. The molecule has 0 unspecified atom stereocenters. The van der Waals surface area contributed by atoms with Crippen molar-refractivity contribution in [3.8, 4) is 22.9 Å². The van der Waals surface area contributed by atoms with Gasteiger partial charge in [-0.15, -0.1) is 12.4 Å². The predicted molar refractivity (Wildman–Crippen MR) is 123 cm³/mol. The van der Waals surface area contributed by atoms with Crippen LogP contribution in [0, 0.1) is 0 Å². The van der Waals surface area contributed by atoms with E-state index in [0.29, 0.717) is 37.6 Å². The Morgan fingerprint density at radius 1 is 1.16 bits per heavy atom. The number of para-hydroxylation sites is 1. The van der Waals surface area contributed by atoms with Gasteiger partial charge in [0.05, 0.1) is 24.2 Å². The molecule has 168 valence electrons. The number of aromatic nitrogens is 3. The van der Waals surface area contributed by atoms with E-state index in [-0.39, 0.29) is 12.4 Å². The second-order valence-corrected chi connectivity index (χ2v) is 7.43. The van der Waals surface area contributed by atoms with Crippen molar-refractivity contribution in [3.63, 3.8) is 0 Å². The van der Waals surface area contributed by atoms with Crippen LogP contribution in [0.15, 0.2) is 54.9 Å². The van der Waals surface area contributed by atoms with Crippen molar-refractivity contribution in [2.45, 2.75) is 12.3 Å². The fourth-order valence-corrected chi connectivity index (χ4v) is 3.74. The highest BCUT2D eigenvalue weighted by molar-refractivity contribution is 5.86. The second kappa shape index (κ2) is 9.68. The van der Waals surface area contributed by atoms with Crippen LogP contribution in [0.1, 0.15) is 0 Å². The lowest BCUT2D eigenvalue weighted by molar-refractivity contribution is 0.141. The monoisotopic (exact) mass is 458 g/mol. The van der Waals surface area contributed by atoms with Crippen molar-refractivity contribution in [2.75, 3.05) is 33.4 Å². The van der Waals surface area contributed by atoms with Crippen LogP contribution in [0.4, 0.5) is 4.39 Å². The first-order valence-corrected chi connectivity index (χ1v) is 10.2. The van der Waals surface area contributed by atoms with Gasteiger partial charge in [0.25, 0.3) is 0 Å². The molecule has 5 rings (SSSR count). The number of alkyl halides is 1. The molecular weight excluding hydrogens is 435 g/mol. The molecule has 0 radical (unpaired) electrons. The van der Waals surface area contributed by atoms with E-state index in [2.05, 4.69) is 10.3 Å². The normalized spacial score (nSPS) is 18.1. The zero-order valence-corrected chi connectivity index (χ0v) is 18.3. The smallest absolute Gasteiger partial charge is 0.150 e. The van der Waals surface area contributed by atoms with Gasteiger partial charge in [-0.1, -0.05) is 18.2 Å². The van der Waals surface area contributed by atoms with Crippen LogP contribution < -0.4 is 14.8 Å². The summed E-state index contributed by atoms with van der Waals surface area (Å²) in [5, 5.41) is 3.95. The van der Waals surface area contributed by atoms with E-state index in [9.17, 15) is 4.39 Å². The predicted octanol–water partition coefficient (Wildman–Crippen LogP) is 3.69. The van der Waals surface area contributed by atoms with E-state index < -0.39 is 12.3 Å². The van der Waals surface area contributed by atoms with E-state index >= 15 is 0 Å². The third-order valence-corrected chi connectivity index (χ3v) is 5.35. The Balaban J connectivity index is 0.00000245. The number of nitrogens with zero attached hydrogens (tertiary/aromatic N) is 3. The Bertz CT molecular complexity index is 1220. The van der Waals surface area contributed by atoms with E-state index in [1.54, 1.807) is 13.3 Å². The third-order valence-electron chi connectivity index (χ3n) is 5.35. The summed E-state index contributed by atoms with van der Waals surface area (Å²) in [6.45, 7) is 1.80. The van der Waals surface area contributed by atoms with Crippen molar-refractivity contribution in [1.29, 1.82) is 0 Å². The molecule has 1 N–H and O–H groups in total. The minimum atomic E-state index is -1.03. The van der Waals surface area contributed by atoms with E-state index in [1.165, 1.54) is 0 Å². The number of ether oxygens (including phenoxy) is 3. The van der Waals surface area contributed by atoms with Gasteiger partial charge < -0.3 is 19.5 Å². The molecule has 1 fully saturated rings. The molecule has 0 aliphatic carbocycles. The number of fused-ring (bicyclic) bond motifs is 2. The summed E-state index contributed by atoms with van der Waals surface area (Å²) in [5.41, 5.74) is 3.06. The van der Waals surface area contributed by atoms with Crippen LogP contribution in [-0.2, 0) is 4.74 Å². The summed E-state index contributed by atoms with van der Waals surface area (Å²) < 4.78 is 32.7. The zero-order chi connectivity index (χ0) is 21.2. The number of hydrogen-bond donors (Lipinski definition) is 1. The Kier molecular flexibility index (Phi) is 6.74. The van der Waals surface area contributed by atoms with Crippen LogP contribution in [0.25, 0.3) is 27.9 Å². The number of halogens is 2. The Hall–Kier alpha value is -2.94. The number of imidazole rings is 1. The maximum atomic E-state index is 14.0. The number of benzene rings is 1. The van der Waals surface area contributed by atoms with Gasteiger partial charge in [0.1, 0.15) is 35.4 Å². The SMILES string of the molecule is COCCOc1ccn2c(-c3ccc4cccc(O[C@H]5CNC[C@H]5F)c4n3)cnc2c1.Cl. The van der Waals surface area contributed by atoms with Crippen molar-refractivity contribution in [3.05, 3.63) is 54.9 Å². The maximum absolute atomic E-state index is 14.0.